The molecule has 2 heterocycles. The Kier molecular flexibility index (Phi) is 9.37. The van der Waals surface area contributed by atoms with Gasteiger partial charge in [-0.3, -0.25) is 19.8 Å². The SMILES string of the molecule is Cl.O=C(CN1CCCC(CNC(=O)C2CCCN2)C1)NC(=O)Nc1ccccc1. The number of nitrogens with zero attached hydrogens (tertiary/aromatic N) is 1. The molecule has 2 aliphatic rings. The number of carbonyl (C=O) groups is 3. The fourth-order valence-corrected chi connectivity index (χ4v) is 3.79. The molecule has 4 N–H and O–H groups in total. The summed E-state index contributed by atoms with van der Waals surface area (Å²) in [5.74, 6) is 0.0725. The number of hydrogen-bond acceptors (Lipinski definition) is 5. The Balaban J connectivity index is 0.00000300. The molecule has 0 aliphatic carbocycles. The molecule has 2 aliphatic heterocycles. The molecular formula is C20H30ClN5O3. The van der Waals surface area contributed by atoms with Gasteiger partial charge in [-0.05, 0) is 56.8 Å². The Morgan fingerprint density at radius 2 is 1.90 bits per heavy atom. The van der Waals surface area contributed by atoms with Gasteiger partial charge in [0.25, 0.3) is 0 Å². The average molecular weight is 424 g/mol. The zero-order valence-corrected chi connectivity index (χ0v) is 17.3. The Hall–Kier alpha value is -2.16. The summed E-state index contributed by atoms with van der Waals surface area (Å²) in [6.07, 6.45) is 3.95. The van der Waals surface area contributed by atoms with Crippen LogP contribution in [0.1, 0.15) is 25.7 Å². The Bertz CT molecular complexity index is 682. The Labute approximate surface area is 177 Å². The lowest BCUT2D eigenvalue weighted by molar-refractivity contribution is -0.124. The van der Waals surface area contributed by atoms with Crippen molar-refractivity contribution in [3.8, 4) is 0 Å². The van der Waals surface area contributed by atoms with Crippen LogP contribution in [0.4, 0.5) is 10.5 Å². The van der Waals surface area contributed by atoms with Crippen LogP contribution in [0.25, 0.3) is 0 Å². The first-order valence-electron chi connectivity index (χ1n) is 9.99. The van der Waals surface area contributed by atoms with E-state index in [0.717, 1.165) is 45.3 Å². The van der Waals surface area contributed by atoms with Crippen LogP contribution in [0.15, 0.2) is 30.3 Å². The number of para-hydroxylation sites is 1. The average Bonchev–Trinajstić information content (AvgIpc) is 3.22. The van der Waals surface area contributed by atoms with Gasteiger partial charge in [-0.15, -0.1) is 12.4 Å². The second kappa shape index (κ2) is 11.7. The van der Waals surface area contributed by atoms with Gasteiger partial charge in [0.1, 0.15) is 0 Å². The number of rotatable bonds is 6. The van der Waals surface area contributed by atoms with Crippen LogP contribution in [0.5, 0.6) is 0 Å². The third-order valence-corrected chi connectivity index (χ3v) is 5.20. The lowest BCUT2D eigenvalue weighted by Crippen LogP contribution is -2.48. The first-order valence-corrected chi connectivity index (χ1v) is 9.99. The van der Waals surface area contributed by atoms with E-state index in [1.165, 1.54) is 0 Å². The van der Waals surface area contributed by atoms with Gasteiger partial charge in [0, 0.05) is 18.8 Å². The number of urea groups is 1. The molecule has 0 radical (unpaired) electrons. The van der Waals surface area contributed by atoms with Crippen molar-refractivity contribution in [2.24, 2.45) is 5.92 Å². The van der Waals surface area contributed by atoms with E-state index >= 15 is 0 Å². The molecule has 160 valence electrons. The summed E-state index contributed by atoms with van der Waals surface area (Å²) in [7, 11) is 0. The summed E-state index contributed by atoms with van der Waals surface area (Å²) in [4.78, 5) is 38.2. The van der Waals surface area contributed by atoms with E-state index in [4.69, 9.17) is 0 Å². The van der Waals surface area contributed by atoms with Crippen molar-refractivity contribution >= 4 is 35.9 Å². The number of nitrogens with one attached hydrogen (secondary N) is 4. The molecule has 0 aromatic heterocycles. The largest absolute Gasteiger partial charge is 0.354 e. The molecule has 8 nitrogen and oxygen atoms in total. The van der Waals surface area contributed by atoms with E-state index in [1.54, 1.807) is 12.1 Å². The van der Waals surface area contributed by atoms with E-state index in [9.17, 15) is 14.4 Å². The van der Waals surface area contributed by atoms with Gasteiger partial charge >= 0.3 is 6.03 Å². The molecule has 3 rings (SSSR count). The van der Waals surface area contributed by atoms with E-state index in [2.05, 4.69) is 21.3 Å². The number of hydrogen-bond donors (Lipinski definition) is 4. The van der Waals surface area contributed by atoms with Crippen molar-refractivity contribution in [1.29, 1.82) is 0 Å². The summed E-state index contributed by atoms with van der Waals surface area (Å²) in [6.45, 7) is 3.27. The summed E-state index contributed by atoms with van der Waals surface area (Å²) >= 11 is 0. The molecular weight excluding hydrogens is 394 g/mol. The highest BCUT2D eigenvalue weighted by molar-refractivity contribution is 6.01. The van der Waals surface area contributed by atoms with Crippen LogP contribution < -0.4 is 21.3 Å². The predicted octanol–water partition coefficient (Wildman–Crippen LogP) is 1.34. The van der Waals surface area contributed by atoms with Gasteiger partial charge in [0.05, 0.1) is 12.6 Å². The minimum Gasteiger partial charge on any atom is -0.354 e. The maximum atomic E-state index is 12.2. The number of anilines is 1. The molecule has 2 atom stereocenters. The zero-order chi connectivity index (χ0) is 19.8. The fraction of sp³-hybridized carbons (Fsp3) is 0.550. The van der Waals surface area contributed by atoms with Crippen LogP contribution in [-0.2, 0) is 9.59 Å². The second-order valence-electron chi connectivity index (χ2n) is 7.51. The van der Waals surface area contributed by atoms with Gasteiger partial charge in [-0.25, -0.2) is 4.79 Å². The zero-order valence-electron chi connectivity index (χ0n) is 16.5. The predicted molar refractivity (Wildman–Crippen MR) is 114 cm³/mol. The number of piperidine rings is 1. The highest BCUT2D eigenvalue weighted by Crippen LogP contribution is 2.16. The van der Waals surface area contributed by atoms with Crippen LogP contribution in [-0.4, -0.2) is 61.5 Å². The third-order valence-electron chi connectivity index (χ3n) is 5.20. The third kappa shape index (κ3) is 7.64. The highest BCUT2D eigenvalue weighted by atomic mass is 35.5. The van der Waals surface area contributed by atoms with Gasteiger partial charge in [-0.1, -0.05) is 18.2 Å². The molecule has 9 heteroatoms. The summed E-state index contributed by atoms with van der Waals surface area (Å²) < 4.78 is 0. The first kappa shape index (κ1) is 23.1. The lowest BCUT2D eigenvalue weighted by atomic mass is 9.98. The molecule has 1 aromatic rings. The molecule has 2 unspecified atom stereocenters. The molecule has 1 aromatic carbocycles. The summed E-state index contributed by atoms with van der Waals surface area (Å²) in [6, 6.07) is 8.41. The lowest BCUT2D eigenvalue weighted by Gasteiger charge is -2.32. The fourth-order valence-electron chi connectivity index (χ4n) is 3.79. The van der Waals surface area contributed by atoms with Crippen molar-refractivity contribution in [1.82, 2.24) is 20.9 Å². The van der Waals surface area contributed by atoms with Crippen LogP contribution in [0.3, 0.4) is 0 Å². The monoisotopic (exact) mass is 423 g/mol. The van der Waals surface area contributed by atoms with E-state index in [1.807, 2.05) is 23.1 Å². The van der Waals surface area contributed by atoms with Crippen LogP contribution in [0.2, 0.25) is 0 Å². The van der Waals surface area contributed by atoms with Crippen molar-refractivity contribution in [2.75, 3.05) is 38.0 Å². The number of halogens is 1. The minimum atomic E-state index is -0.527. The number of amides is 4. The molecule has 2 saturated heterocycles. The maximum absolute atomic E-state index is 12.2. The summed E-state index contributed by atoms with van der Waals surface area (Å²) in [5, 5.41) is 11.2. The topological polar surface area (TPSA) is 103 Å². The molecule has 4 amide bonds. The molecule has 0 spiro atoms. The van der Waals surface area contributed by atoms with Crippen molar-refractivity contribution in [3.63, 3.8) is 0 Å². The smallest absolute Gasteiger partial charge is 0.325 e. The van der Waals surface area contributed by atoms with Crippen molar-refractivity contribution in [2.45, 2.75) is 31.7 Å². The van der Waals surface area contributed by atoms with Gasteiger partial charge in [0.15, 0.2) is 0 Å². The molecule has 0 saturated carbocycles. The Morgan fingerprint density at radius 1 is 1.10 bits per heavy atom. The maximum Gasteiger partial charge on any atom is 0.325 e. The van der Waals surface area contributed by atoms with Gasteiger partial charge < -0.3 is 16.0 Å². The standard InChI is InChI=1S/C20H29N5O3.ClH/c26-18(24-20(28)23-16-7-2-1-3-8-16)14-25-11-5-6-15(13-25)12-22-19(27)17-9-4-10-21-17;/h1-3,7-8,15,17,21H,4-6,9-14H2,(H,22,27)(H2,23,24,26,28);1H. The van der Waals surface area contributed by atoms with Gasteiger partial charge in [0.2, 0.25) is 11.8 Å². The normalized spacial score (nSPS) is 21.7. The van der Waals surface area contributed by atoms with Crippen LogP contribution in [0, 0.1) is 5.92 Å². The number of benzene rings is 1. The number of imide groups is 1. The molecule has 2 fully saturated rings. The van der Waals surface area contributed by atoms with E-state index in [0.29, 0.717) is 18.2 Å². The molecule has 29 heavy (non-hydrogen) atoms. The summed E-state index contributed by atoms with van der Waals surface area (Å²) in [5.41, 5.74) is 0.637. The Morgan fingerprint density at radius 3 is 2.62 bits per heavy atom. The number of likely N-dealkylation sites (tertiary alicyclic amines) is 1. The van der Waals surface area contributed by atoms with E-state index < -0.39 is 6.03 Å². The minimum absolute atomic E-state index is 0. The quantitative estimate of drug-likeness (QED) is 0.553. The van der Waals surface area contributed by atoms with Crippen LogP contribution >= 0.6 is 12.4 Å². The first-order chi connectivity index (χ1) is 13.6. The van der Waals surface area contributed by atoms with Crippen molar-refractivity contribution < 1.29 is 14.4 Å². The second-order valence-corrected chi connectivity index (χ2v) is 7.51. The highest BCUT2D eigenvalue weighted by Gasteiger charge is 2.25. The van der Waals surface area contributed by atoms with Crippen molar-refractivity contribution in [3.05, 3.63) is 30.3 Å². The molecule has 0 bridgehead atoms. The van der Waals surface area contributed by atoms with Gasteiger partial charge in [-0.2, -0.15) is 0 Å². The number of carbonyl (C=O) groups excluding carboxylic acids is 3. The van der Waals surface area contributed by atoms with E-state index in [-0.39, 0.29) is 36.8 Å².